The van der Waals surface area contributed by atoms with E-state index in [9.17, 15) is 0 Å². The number of rotatable bonds is 4. The van der Waals surface area contributed by atoms with E-state index in [-0.39, 0.29) is 0 Å². The molecule has 0 radical (unpaired) electrons. The van der Waals surface area contributed by atoms with Crippen molar-refractivity contribution in [2.45, 2.75) is 45.2 Å². The van der Waals surface area contributed by atoms with E-state index in [1.165, 1.54) is 19.4 Å². The van der Waals surface area contributed by atoms with Crippen molar-refractivity contribution in [3.8, 4) is 0 Å². The zero-order valence-electron chi connectivity index (χ0n) is 12.5. The van der Waals surface area contributed by atoms with E-state index in [2.05, 4.69) is 33.9 Å². The Bertz CT molecular complexity index is 450. The molecule has 0 bridgehead atoms. The number of fused-ring (bicyclic) bond motifs is 1. The third-order valence-electron chi connectivity index (χ3n) is 4.41. The third-order valence-corrected chi connectivity index (χ3v) is 4.41. The average molecular weight is 275 g/mol. The first kappa shape index (κ1) is 13.6. The van der Waals surface area contributed by atoms with E-state index < -0.39 is 0 Å². The first-order valence-electron chi connectivity index (χ1n) is 7.84. The van der Waals surface area contributed by atoms with Crippen LogP contribution in [-0.2, 0) is 0 Å². The van der Waals surface area contributed by atoms with Gasteiger partial charge in [-0.25, -0.2) is 4.98 Å². The second-order valence-corrected chi connectivity index (χ2v) is 5.98. The predicted octanol–water partition coefficient (Wildman–Crippen LogP) is 1.97. The van der Waals surface area contributed by atoms with Crippen molar-refractivity contribution in [2.75, 3.05) is 36.4 Å². The molecule has 2 saturated heterocycles. The summed E-state index contributed by atoms with van der Waals surface area (Å²) in [5.41, 5.74) is 0. The number of hydrogen-bond acceptors (Lipinski definition) is 5. The van der Waals surface area contributed by atoms with Gasteiger partial charge in [-0.15, -0.1) is 0 Å². The molecule has 0 aromatic carbocycles. The predicted molar refractivity (Wildman–Crippen MR) is 82.2 cm³/mol. The van der Waals surface area contributed by atoms with E-state index in [0.29, 0.717) is 12.1 Å². The Morgan fingerprint density at radius 2 is 2.25 bits per heavy atom. The normalized spacial score (nSPS) is 26.6. The van der Waals surface area contributed by atoms with E-state index in [0.717, 1.165) is 37.7 Å². The molecule has 1 N–H and O–H groups in total. The quantitative estimate of drug-likeness (QED) is 0.910. The van der Waals surface area contributed by atoms with Gasteiger partial charge >= 0.3 is 0 Å². The van der Waals surface area contributed by atoms with Crippen molar-refractivity contribution < 1.29 is 0 Å². The molecular formula is C15H25N5. The number of hydrogen-bond donors (Lipinski definition) is 1. The first-order valence-corrected chi connectivity index (χ1v) is 7.84. The van der Waals surface area contributed by atoms with Crippen LogP contribution in [-0.4, -0.2) is 53.1 Å². The monoisotopic (exact) mass is 275 g/mol. The average Bonchev–Trinajstić information content (AvgIpc) is 2.91. The van der Waals surface area contributed by atoms with Crippen LogP contribution in [0.5, 0.6) is 0 Å². The van der Waals surface area contributed by atoms with Crippen molar-refractivity contribution in [3.05, 3.63) is 12.4 Å². The van der Waals surface area contributed by atoms with Crippen molar-refractivity contribution in [2.24, 2.45) is 0 Å². The van der Waals surface area contributed by atoms with Gasteiger partial charge in [-0.3, -0.25) is 9.88 Å². The fourth-order valence-electron chi connectivity index (χ4n) is 3.34. The molecule has 1 aromatic rings. The van der Waals surface area contributed by atoms with Crippen LogP contribution in [0.3, 0.4) is 0 Å². The van der Waals surface area contributed by atoms with Gasteiger partial charge in [0.05, 0.1) is 12.4 Å². The summed E-state index contributed by atoms with van der Waals surface area (Å²) in [4.78, 5) is 14.1. The van der Waals surface area contributed by atoms with Gasteiger partial charge in [0.2, 0.25) is 0 Å². The van der Waals surface area contributed by atoms with Crippen molar-refractivity contribution in [3.63, 3.8) is 0 Å². The Balaban J connectivity index is 1.74. The Morgan fingerprint density at radius 1 is 1.35 bits per heavy atom. The molecule has 5 nitrogen and oxygen atoms in total. The lowest BCUT2D eigenvalue weighted by atomic mass is 10.1. The summed E-state index contributed by atoms with van der Waals surface area (Å²) in [7, 11) is 0. The minimum atomic E-state index is 0.514. The highest BCUT2D eigenvalue weighted by molar-refractivity contribution is 5.45. The van der Waals surface area contributed by atoms with E-state index in [1.807, 2.05) is 12.4 Å². The van der Waals surface area contributed by atoms with Crippen molar-refractivity contribution in [1.29, 1.82) is 0 Å². The topological polar surface area (TPSA) is 44.3 Å². The SMILES string of the molecule is CCCNc1cncc(N2CC3CCCN3CC2C)n1. The van der Waals surface area contributed by atoms with E-state index in [1.54, 1.807) is 0 Å². The maximum Gasteiger partial charge on any atom is 0.149 e. The maximum absolute atomic E-state index is 4.73. The van der Waals surface area contributed by atoms with Crippen LogP contribution in [0.4, 0.5) is 11.6 Å². The van der Waals surface area contributed by atoms with Crippen LogP contribution in [0.15, 0.2) is 12.4 Å². The third kappa shape index (κ3) is 2.73. The van der Waals surface area contributed by atoms with Crippen molar-refractivity contribution >= 4 is 11.6 Å². The van der Waals surface area contributed by atoms with Gasteiger partial charge in [-0.05, 0) is 32.7 Å². The molecular weight excluding hydrogens is 250 g/mol. The smallest absolute Gasteiger partial charge is 0.149 e. The number of piperazine rings is 1. The lowest BCUT2D eigenvalue weighted by Crippen LogP contribution is -2.55. The molecule has 0 amide bonds. The van der Waals surface area contributed by atoms with Crippen LogP contribution in [0.1, 0.15) is 33.1 Å². The van der Waals surface area contributed by atoms with E-state index in [4.69, 9.17) is 4.98 Å². The van der Waals surface area contributed by atoms with Crippen LogP contribution < -0.4 is 10.2 Å². The summed E-state index contributed by atoms with van der Waals surface area (Å²) in [6, 6.07) is 1.22. The molecule has 110 valence electrons. The van der Waals surface area contributed by atoms with Gasteiger partial charge in [-0.1, -0.05) is 6.92 Å². The Hall–Kier alpha value is -1.36. The van der Waals surface area contributed by atoms with Crippen molar-refractivity contribution in [1.82, 2.24) is 14.9 Å². The summed E-state index contributed by atoms with van der Waals surface area (Å²) in [6.07, 6.45) is 7.48. The van der Waals surface area contributed by atoms with Gasteiger partial charge in [0.15, 0.2) is 0 Å². The molecule has 1 aromatic heterocycles. The highest BCUT2D eigenvalue weighted by Gasteiger charge is 2.34. The van der Waals surface area contributed by atoms with Gasteiger partial charge < -0.3 is 10.2 Å². The standard InChI is InChI=1S/C15H25N5/c1-3-6-17-14-8-16-9-15(18-14)20-11-13-5-4-7-19(13)10-12(20)2/h8-9,12-13H,3-7,10-11H2,1-2H3,(H,17,18). The summed E-state index contributed by atoms with van der Waals surface area (Å²) >= 11 is 0. The maximum atomic E-state index is 4.73. The summed E-state index contributed by atoms with van der Waals surface area (Å²) in [5.74, 6) is 1.91. The minimum Gasteiger partial charge on any atom is -0.369 e. The molecule has 0 spiro atoms. The Labute approximate surface area is 121 Å². The van der Waals surface area contributed by atoms with Crippen LogP contribution >= 0.6 is 0 Å². The summed E-state index contributed by atoms with van der Waals surface area (Å²) in [5, 5.41) is 3.32. The fraction of sp³-hybridized carbons (Fsp3) is 0.733. The zero-order valence-corrected chi connectivity index (χ0v) is 12.5. The fourth-order valence-corrected chi connectivity index (χ4v) is 3.34. The molecule has 0 saturated carbocycles. The molecule has 20 heavy (non-hydrogen) atoms. The number of nitrogens with zero attached hydrogens (tertiary/aromatic N) is 4. The molecule has 2 aliphatic rings. The Kier molecular flexibility index (Phi) is 4.05. The molecule has 2 unspecified atom stereocenters. The van der Waals surface area contributed by atoms with Crippen LogP contribution in [0.2, 0.25) is 0 Å². The second-order valence-electron chi connectivity index (χ2n) is 5.98. The van der Waals surface area contributed by atoms with Gasteiger partial charge in [0.1, 0.15) is 11.6 Å². The lowest BCUT2D eigenvalue weighted by Gasteiger charge is -2.42. The molecule has 3 heterocycles. The molecule has 0 aliphatic carbocycles. The van der Waals surface area contributed by atoms with Gasteiger partial charge in [0, 0.05) is 31.7 Å². The van der Waals surface area contributed by atoms with Gasteiger partial charge in [-0.2, -0.15) is 0 Å². The first-order chi connectivity index (χ1) is 9.78. The lowest BCUT2D eigenvalue weighted by molar-refractivity contribution is 0.202. The van der Waals surface area contributed by atoms with Crippen LogP contribution in [0, 0.1) is 0 Å². The second kappa shape index (κ2) is 5.95. The van der Waals surface area contributed by atoms with Crippen LogP contribution in [0.25, 0.3) is 0 Å². The summed E-state index contributed by atoms with van der Waals surface area (Å²) in [6.45, 7) is 8.91. The Morgan fingerprint density at radius 3 is 3.10 bits per heavy atom. The molecule has 3 rings (SSSR count). The molecule has 2 fully saturated rings. The largest absolute Gasteiger partial charge is 0.369 e. The summed E-state index contributed by atoms with van der Waals surface area (Å²) < 4.78 is 0. The number of aromatic nitrogens is 2. The van der Waals surface area contributed by atoms with Gasteiger partial charge in [0.25, 0.3) is 0 Å². The zero-order chi connectivity index (χ0) is 13.9. The number of anilines is 2. The minimum absolute atomic E-state index is 0.514. The molecule has 5 heteroatoms. The highest BCUT2D eigenvalue weighted by Crippen LogP contribution is 2.27. The number of nitrogens with one attached hydrogen (secondary N) is 1. The highest BCUT2D eigenvalue weighted by atomic mass is 15.3. The molecule has 2 aliphatic heterocycles. The molecule has 2 atom stereocenters. The van der Waals surface area contributed by atoms with E-state index >= 15 is 0 Å².